The van der Waals surface area contributed by atoms with Gasteiger partial charge in [-0.1, -0.05) is 644 Å². The van der Waals surface area contributed by atoms with E-state index in [1.54, 1.807) is 0 Å². The summed E-state index contributed by atoms with van der Waals surface area (Å²) in [6.07, 6.45) is 149. The normalized spacial score (nSPS) is 11.9. The number of rotatable bonds is 110. The number of hydrogen-bond donors (Lipinski definition) is 3. The summed E-state index contributed by atoms with van der Waals surface area (Å²) >= 11 is 0. The monoisotopic (exact) mass is 1600 g/mol. The summed E-state index contributed by atoms with van der Waals surface area (Å²) in [5, 5.41) is 6.17. The molecule has 0 spiro atoms. The zero-order valence-electron chi connectivity index (χ0n) is 80.6. The minimum atomic E-state index is 1.13. The predicted octanol–water partition coefficient (Wildman–Crippen LogP) is 39.7. The average molecular weight is 1610 g/mol. The second kappa shape index (κ2) is 111. The van der Waals surface area contributed by atoms with Gasteiger partial charge in [0.2, 0.25) is 0 Å². The molecule has 114 heavy (non-hydrogen) atoms. The van der Waals surface area contributed by atoms with E-state index in [9.17, 15) is 0 Å². The van der Waals surface area contributed by atoms with Gasteiger partial charge in [0.15, 0.2) is 0 Å². The molecule has 0 aliphatic rings. The van der Waals surface area contributed by atoms with Gasteiger partial charge in [-0.3, -0.25) is 0 Å². The molecule has 0 unspecified atom stereocenters. The largest absolute Gasteiger partial charge is 0.317 e. The molecule has 0 aromatic rings. The Bertz CT molecular complexity index is 1570. The summed E-state index contributed by atoms with van der Waals surface area (Å²) in [4.78, 5) is 0. The average Bonchev–Trinajstić information content (AvgIpc) is 1.02. The molecule has 0 bridgehead atoms. The summed E-state index contributed by atoms with van der Waals surface area (Å²) in [7, 11) is 0. The molecule has 4 nitrogen and oxygen atoms in total. The van der Waals surface area contributed by atoms with Gasteiger partial charge in [-0.05, 0) is 45.2 Å². The first kappa shape index (κ1) is 114. The molecule has 0 amide bonds. The van der Waals surface area contributed by atoms with Crippen LogP contribution in [0.15, 0.2) is 0 Å². The van der Waals surface area contributed by atoms with E-state index in [1.165, 1.54) is 668 Å². The molecule has 0 radical (unpaired) electrons. The van der Waals surface area contributed by atoms with E-state index in [0.29, 0.717) is 0 Å². The van der Waals surface area contributed by atoms with Crippen LogP contribution in [0.2, 0.25) is 0 Å². The van der Waals surface area contributed by atoms with Crippen molar-refractivity contribution in [2.45, 2.75) is 676 Å². The molecule has 0 saturated heterocycles. The molecule has 0 aromatic heterocycles. The molecule has 0 saturated carbocycles. The Morgan fingerprint density at radius 1 is 0.105 bits per heavy atom. The fourth-order valence-electron chi connectivity index (χ4n) is 18.6. The lowest BCUT2D eigenvalue weighted by Gasteiger charge is -2.24. The summed E-state index contributed by atoms with van der Waals surface area (Å²) in [6, 6.07) is 0. The van der Waals surface area contributed by atoms with Gasteiger partial charge in [-0.2, -0.15) is 5.12 Å². The van der Waals surface area contributed by atoms with Gasteiger partial charge in [0.25, 0.3) is 0 Å². The van der Waals surface area contributed by atoms with Gasteiger partial charge in [0, 0.05) is 19.6 Å². The highest BCUT2D eigenvalue weighted by Crippen LogP contribution is 2.23. The lowest BCUT2D eigenvalue weighted by atomic mass is 10.0. The molecule has 686 valence electrons. The third-order valence-electron chi connectivity index (χ3n) is 26.9. The first-order valence-corrected chi connectivity index (χ1v) is 55.8. The van der Waals surface area contributed by atoms with Crippen LogP contribution in [0.5, 0.6) is 0 Å². The maximum Gasteiger partial charge on any atom is 0.0288 e. The van der Waals surface area contributed by atoms with Crippen molar-refractivity contribution in [1.82, 2.24) is 21.3 Å². The fraction of sp³-hybridized carbons (Fsp3) is 1.00. The highest BCUT2D eigenvalue weighted by atomic mass is 15.7. The number of hydrazine groups is 2. The Hall–Kier alpha value is -0.160. The summed E-state index contributed by atoms with van der Waals surface area (Å²) < 4.78 is 0. The third-order valence-corrected chi connectivity index (χ3v) is 26.9. The molecule has 0 fully saturated rings. The minimum Gasteiger partial charge on any atom is -0.317 e. The molecule has 0 heterocycles. The van der Waals surface area contributed by atoms with Gasteiger partial charge in [-0.15, -0.1) is 0 Å². The van der Waals surface area contributed by atoms with Crippen molar-refractivity contribution in [3.63, 3.8) is 0 Å². The van der Waals surface area contributed by atoms with Gasteiger partial charge < -0.3 is 5.32 Å². The van der Waals surface area contributed by atoms with E-state index in [0.717, 1.165) is 19.6 Å². The van der Waals surface area contributed by atoms with E-state index in [2.05, 4.69) is 42.1 Å². The van der Waals surface area contributed by atoms with Crippen LogP contribution in [0.4, 0.5) is 0 Å². The Morgan fingerprint density at radius 2 is 0.202 bits per heavy atom. The maximum absolute atomic E-state index is 3.86. The van der Waals surface area contributed by atoms with Gasteiger partial charge >= 0.3 is 0 Å². The Morgan fingerprint density at radius 3 is 0.325 bits per heavy atom. The third kappa shape index (κ3) is 108. The van der Waals surface area contributed by atoms with Crippen LogP contribution < -0.4 is 16.2 Å². The van der Waals surface area contributed by atoms with Crippen LogP contribution in [0.1, 0.15) is 676 Å². The Balaban J connectivity index is 3.84. The Kier molecular flexibility index (Phi) is 111. The van der Waals surface area contributed by atoms with Crippen LogP contribution in [0.25, 0.3) is 0 Å². The van der Waals surface area contributed by atoms with Crippen LogP contribution in [0, 0.1) is 0 Å². The quantitative estimate of drug-likeness (QED) is 0.0419. The van der Waals surface area contributed by atoms with E-state index in [4.69, 9.17) is 0 Å². The topological polar surface area (TPSA) is 39.3 Å². The van der Waals surface area contributed by atoms with Crippen molar-refractivity contribution in [2.75, 3.05) is 32.7 Å². The van der Waals surface area contributed by atoms with Gasteiger partial charge in [0.05, 0.1) is 0 Å². The van der Waals surface area contributed by atoms with Gasteiger partial charge in [-0.25, -0.2) is 10.9 Å². The lowest BCUT2D eigenvalue weighted by Crippen LogP contribution is -2.49. The summed E-state index contributed by atoms with van der Waals surface area (Å²) in [5.41, 5.74) is 7.73. The van der Waals surface area contributed by atoms with Crippen molar-refractivity contribution in [1.29, 1.82) is 0 Å². The first-order chi connectivity index (χ1) is 56.8. The van der Waals surface area contributed by atoms with Gasteiger partial charge in [0.1, 0.15) is 0 Å². The molecule has 0 aromatic carbocycles. The van der Waals surface area contributed by atoms with E-state index < -0.39 is 0 Å². The lowest BCUT2D eigenvalue weighted by molar-refractivity contribution is 0.108. The molecule has 4 heteroatoms. The number of nitrogens with zero attached hydrogens (tertiary/aromatic N) is 1. The van der Waals surface area contributed by atoms with Crippen molar-refractivity contribution >= 4 is 0 Å². The summed E-state index contributed by atoms with van der Waals surface area (Å²) in [6.45, 7) is 12.9. The van der Waals surface area contributed by atoms with Crippen molar-refractivity contribution in [3.8, 4) is 0 Å². The first-order valence-electron chi connectivity index (χ1n) is 55.8. The van der Waals surface area contributed by atoms with E-state index in [1.807, 2.05) is 0 Å². The van der Waals surface area contributed by atoms with E-state index >= 15 is 0 Å². The second-order valence-corrected chi connectivity index (χ2v) is 38.7. The molecular formula is C110H226N4. The SMILES string of the molecule is CCCCCCCCCCCCCCCCCCCCCCCCCCCCNN(CCCCCCCCCCCCCCCCCCCCCCCCCCCCCNCCCCCCCCCCCCCCCCCCCCCCCCCC)NCCCCCCCCCCCCCCCCCCCCCCCCCCC. The van der Waals surface area contributed by atoms with Crippen molar-refractivity contribution in [2.24, 2.45) is 0 Å². The summed E-state index contributed by atoms with van der Waals surface area (Å²) in [5.74, 6) is 0. The number of nitrogens with one attached hydrogen (secondary N) is 3. The number of unbranched alkanes of at least 4 members (excludes halogenated alkanes) is 98. The van der Waals surface area contributed by atoms with Crippen molar-refractivity contribution < 1.29 is 0 Å². The maximum atomic E-state index is 3.86. The molecule has 0 aliphatic heterocycles. The number of hydrogen-bond acceptors (Lipinski definition) is 4. The molecule has 3 N–H and O–H groups in total. The van der Waals surface area contributed by atoms with Crippen LogP contribution in [-0.2, 0) is 0 Å². The zero-order chi connectivity index (χ0) is 81.4. The molecule has 0 rings (SSSR count). The highest BCUT2D eigenvalue weighted by Gasteiger charge is 2.07. The van der Waals surface area contributed by atoms with Crippen LogP contribution in [-0.4, -0.2) is 37.8 Å². The van der Waals surface area contributed by atoms with Crippen molar-refractivity contribution in [3.05, 3.63) is 0 Å². The molecular weight excluding hydrogens is 1380 g/mol. The highest BCUT2D eigenvalue weighted by molar-refractivity contribution is 4.62. The minimum absolute atomic E-state index is 1.13. The fourth-order valence-corrected chi connectivity index (χ4v) is 18.6. The van der Waals surface area contributed by atoms with Crippen LogP contribution >= 0.6 is 0 Å². The Labute approximate surface area is 725 Å². The predicted molar refractivity (Wildman–Crippen MR) is 524 cm³/mol. The van der Waals surface area contributed by atoms with E-state index in [-0.39, 0.29) is 0 Å². The molecule has 0 aliphatic carbocycles. The standard InChI is InChI=1S/C110H226N4/c1-4-7-10-13-16-19-22-25-28-31-34-37-40-43-49-54-59-64-69-74-79-84-89-94-99-104-109-113-114(112-108-103-98-93-88-83-78-73-68-63-58-53-47-41-38-35-32-29-26-23-20-17-14-11-8-5-2)110-105-100-95-90-85-80-75-70-65-60-55-50-46-44-45-48-52-57-62-67-72-77-82-87-92-97-102-107-111-106-101-96-91-86-81-76-71-66-61-56-51-42-39-36-33-30-27-24-21-18-15-12-9-6-3/h111-113H,4-110H2,1-3H3. The zero-order valence-corrected chi connectivity index (χ0v) is 80.6. The smallest absolute Gasteiger partial charge is 0.0288 e. The second-order valence-electron chi connectivity index (χ2n) is 38.7. The van der Waals surface area contributed by atoms with Crippen LogP contribution in [0.3, 0.4) is 0 Å². The molecule has 0 atom stereocenters.